The van der Waals surface area contributed by atoms with Gasteiger partial charge in [-0.2, -0.15) is 11.8 Å². The Bertz CT molecular complexity index is 299. The molecule has 3 heteroatoms. The fourth-order valence-corrected chi connectivity index (χ4v) is 2.85. The van der Waals surface area contributed by atoms with Gasteiger partial charge in [0, 0.05) is 11.3 Å². The molecule has 0 heterocycles. The van der Waals surface area contributed by atoms with Crippen molar-refractivity contribution in [2.24, 2.45) is 0 Å². The summed E-state index contributed by atoms with van der Waals surface area (Å²) in [6, 6.07) is 8.70. The standard InChI is InChI=1S/C13H21NOS/c1-5-16-10(2)13(14-3)11-6-8-12(15-4)9-7-11/h6-10,13-14H,5H2,1-4H3. The lowest BCUT2D eigenvalue weighted by atomic mass is 10.0. The summed E-state index contributed by atoms with van der Waals surface area (Å²) in [6.07, 6.45) is 0. The van der Waals surface area contributed by atoms with Gasteiger partial charge in [-0.1, -0.05) is 26.0 Å². The zero-order valence-corrected chi connectivity index (χ0v) is 11.3. The number of nitrogens with one attached hydrogen (secondary N) is 1. The summed E-state index contributed by atoms with van der Waals surface area (Å²) in [6.45, 7) is 4.46. The predicted octanol–water partition coefficient (Wildman–Crippen LogP) is 3.10. The second kappa shape index (κ2) is 6.81. The smallest absolute Gasteiger partial charge is 0.118 e. The van der Waals surface area contributed by atoms with E-state index in [1.165, 1.54) is 5.56 Å². The topological polar surface area (TPSA) is 21.3 Å². The first-order chi connectivity index (χ1) is 7.72. The number of methoxy groups -OCH3 is 1. The first-order valence-electron chi connectivity index (χ1n) is 5.65. The molecule has 2 nitrogen and oxygen atoms in total. The molecular weight excluding hydrogens is 218 g/mol. The third kappa shape index (κ3) is 3.42. The molecule has 0 aliphatic heterocycles. The van der Waals surface area contributed by atoms with E-state index in [0.29, 0.717) is 11.3 Å². The van der Waals surface area contributed by atoms with Crippen LogP contribution in [0.2, 0.25) is 0 Å². The highest BCUT2D eigenvalue weighted by atomic mass is 32.2. The second-order valence-corrected chi connectivity index (χ2v) is 5.35. The van der Waals surface area contributed by atoms with Gasteiger partial charge in [-0.25, -0.2) is 0 Å². The molecule has 1 N–H and O–H groups in total. The Hall–Kier alpha value is -0.670. The van der Waals surface area contributed by atoms with Gasteiger partial charge < -0.3 is 10.1 Å². The van der Waals surface area contributed by atoms with E-state index in [-0.39, 0.29) is 0 Å². The minimum absolute atomic E-state index is 0.399. The van der Waals surface area contributed by atoms with Crippen LogP contribution in [0.3, 0.4) is 0 Å². The first-order valence-corrected chi connectivity index (χ1v) is 6.70. The minimum Gasteiger partial charge on any atom is -0.497 e. The van der Waals surface area contributed by atoms with Gasteiger partial charge in [0.1, 0.15) is 5.75 Å². The molecule has 90 valence electrons. The van der Waals surface area contributed by atoms with E-state index in [1.54, 1.807) is 7.11 Å². The quantitative estimate of drug-likeness (QED) is 0.824. The third-order valence-corrected chi connectivity index (χ3v) is 3.82. The van der Waals surface area contributed by atoms with Gasteiger partial charge in [-0.3, -0.25) is 0 Å². The second-order valence-electron chi connectivity index (χ2n) is 3.70. The van der Waals surface area contributed by atoms with E-state index >= 15 is 0 Å². The van der Waals surface area contributed by atoms with Crippen molar-refractivity contribution in [3.63, 3.8) is 0 Å². The molecule has 0 saturated carbocycles. The number of rotatable bonds is 6. The molecule has 2 atom stereocenters. The van der Waals surface area contributed by atoms with Crippen molar-refractivity contribution in [2.75, 3.05) is 19.9 Å². The number of ether oxygens (including phenoxy) is 1. The Morgan fingerprint density at radius 3 is 2.38 bits per heavy atom. The summed E-state index contributed by atoms with van der Waals surface area (Å²) in [5.41, 5.74) is 1.32. The molecule has 1 aromatic carbocycles. The minimum atomic E-state index is 0.399. The average molecular weight is 239 g/mol. The first kappa shape index (κ1) is 13.4. The fraction of sp³-hybridized carbons (Fsp3) is 0.538. The molecule has 0 radical (unpaired) electrons. The Morgan fingerprint density at radius 1 is 1.31 bits per heavy atom. The maximum absolute atomic E-state index is 5.16. The lowest BCUT2D eigenvalue weighted by Gasteiger charge is -2.23. The largest absolute Gasteiger partial charge is 0.497 e. The summed E-state index contributed by atoms with van der Waals surface area (Å²) < 4.78 is 5.16. The zero-order chi connectivity index (χ0) is 12.0. The molecule has 0 fully saturated rings. The van der Waals surface area contributed by atoms with Crippen LogP contribution in [0.15, 0.2) is 24.3 Å². The third-order valence-electron chi connectivity index (χ3n) is 2.68. The van der Waals surface area contributed by atoms with E-state index < -0.39 is 0 Å². The Morgan fingerprint density at radius 2 is 1.94 bits per heavy atom. The molecule has 0 bridgehead atoms. The Kier molecular flexibility index (Phi) is 5.71. The van der Waals surface area contributed by atoms with Crippen molar-refractivity contribution < 1.29 is 4.74 Å². The Balaban J connectivity index is 2.78. The molecule has 1 rings (SSSR count). The normalized spacial score (nSPS) is 14.5. The molecule has 0 aliphatic carbocycles. The number of hydrogen-bond donors (Lipinski definition) is 1. The van der Waals surface area contributed by atoms with Crippen LogP contribution in [0.25, 0.3) is 0 Å². The van der Waals surface area contributed by atoms with Gasteiger partial charge in [-0.15, -0.1) is 0 Å². The van der Waals surface area contributed by atoms with E-state index in [2.05, 4.69) is 31.3 Å². The van der Waals surface area contributed by atoms with Gasteiger partial charge in [0.05, 0.1) is 7.11 Å². The summed E-state index contributed by atoms with van der Waals surface area (Å²) in [5.74, 6) is 2.06. The van der Waals surface area contributed by atoms with Crippen molar-refractivity contribution in [2.45, 2.75) is 25.1 Å². The van der Waals surface area contributed by atoms with E-state index in [0.717, 1.165) is 11.5 Å². The van der Waals surface area contributed by atoms with Crippen LogP contribution in [0.1, 0.15) is 25.5 Å². The highest BCUT2D eigenvalue weighted by Gasteiger charge is 2.16. The molecule has 2 unspecified atom stereocenters. The van der Waals surface area contributed by atoms with Gasteiger partial charge in [0.25, 0.3) is 0 Å². The van der Waals surface area contributed by atoms with Crippen LogP contribution in [0, 0.1) is 0 Å². The molecule has 0 aliphatic rings. The lowest BCUT2D eigenvalue weighted by molar-refractivity contribution is 0.414. The van der Waals surface area contributed by atoms with Gasteiger partial charge >= 0.3 is 0 Å². The highest BCUT2D eigenvalue weighted by Crippen LogP contribution is 2.27. The van der Waals surface area contributed by atoms with Crippen molar-refractivity contribution in [1.29, 1.82) is 0 Å². The summed E-state index contributed by atoms with van der Waals surface area (Å²) in [7, 11) is 3.71. The summed E-state index contributed by atoms with van der Waals surface area (Å²) in [5, 5.41) is 3.95. The molecule has 0 aromatic heterocycles. The SMILES string of the molecule is CCSC(C)C(NC)c1ccc(OC)cc1. The van der Waals surface area contributed by atoms with E-state index in [4.69, 9.17) is 4.74 Å². The van der Waals surface area contributed by atoms with Crippen LogP contribution < -0.4 is 10.1 Å². The monoisotopic (exact) mass is 239 g/mol. The van der Waals surface area contributed by atoms with Crippen molar-refractivity contribution >= 4 is 11.8 Å². The van der Waals surface area contributed by atoms with E-state index in [9.17, 15) is 0 Å². The average Bonchev–Trinajstić information content (AvgIpc) is 2.31. The van der Waals surface area contributed by atoms with Crippen molar-refractivity contribution in [3.05, 3.63) is 29.8 Å². The van der Waals surface area contributed by atoms with Crippen molar-refractivity contribution in [1.82, 2.24) is 5.32 Å². The molecule has 1 aromatic rings. The maximum atomic E-state index is 5.16. The van der Waals surface area contributed by atoms with Crippen LogP contribution in [-0.2, 0) is 0 Å². The maximum Gasteiger partial charge on any atom is 0.118 e. The van der Waals surface area contributed by atoms with Gasteiger partial charge in [0.15, 0.2) is 0 Å². The summed E-state index contributed by atoms with van der Waals surface area (Å²) >= 11 is 1.97. The zero-order valence-electron chi connectivity index (χ0n) is 10.5. The number of benzene rings is 1. The molecular formula is C13H21NOS. The van der Waals surface area contributed by atoms with Crippen LogP contribution in [-0.4, -0.2) is 25.2 Å². The highest BCUT2D eigenvalue weighted by molar-refractivity contribution is 7.99. The Labute approximate surface area is 103 Å². The van der Waals surface area contributed by atoms with Crippen LogP contribution >= 0.6 is 11.8 Å². The van der Waals surface area contributed by atoms with Gasteiger partial charge in [-0.05, 0) is 30.5 Å². The van der Waals surface area contributed by atoms with Gasteiger partial charge in [0.2, 0.25) is 0 Å². The molecule has 16 heavy (non-hydrogen) atoms. The van der Waals surface area contributed by atoms with Crippen LogP contribution in [0.4, 0.5) is 0 Å². The molecule has 0 amide bonds. The summed E-state index contributed by atoms with van der Waals surface area (Å²) in [4.78, 5) is 0. The predicted molar refractivity (Wildman–Crippen MR) is 72.4 cm³/mol. The number of thioether (sulfide) groups is 1. The fourth-order valence-electron chi connectivity index (χ4n) is 1.84. The van der Waals surface area contributed by atoms with Crippen molar-refractivity contribution in [3.8, 4) is 5.75 Å². The molecule has 0 saturated heterocycles. The van der Waals surface area contributed by atoms with E-state index in [1.807, 2.05) is 30.9 Å². The molecule has 0 spiro atoms. The van der Waals surface area contributed by atoms with Crippen LogP contribution in [0.5, 0.6) is 5.75 Å². The number of hydrogen-bond acceptors (Lipinski definition) is 3. The lowest BCUT2D eigenvalue weighted by Crippen LogP contribution is -2.25.